The number of rotatable bonds is 8. The normalized spacial score (nSPS) is 15.0. The first-order chi connectivity index (χ1) is 20.5. The number of alkyl halides is 2. The second-order valence-corrected chi connectivity index (χ2v) is 12.5. The molecule has 220 valence electrons. The van der Waals surface area contributed by atoms with E-state index in [1.165, 1.54) is 29.3 Å². The molecule has 3 heterocycles. The van der Waals surface area contributed by atoms with E-state index in [-0.39, 0.29) is 10.9 Å². The van der Waals surface area contributed by atoms with Gasteiger partial charge in [0, 0.05) is 35.4 Å². The van der Waals surface area contributed by atoms with Crippen molar-refractivity contribution in [2.45, 2.75) is 51.6 Å². The highest BCUT2D eigenvalue weighted by molar-refractivity contribution is 6.35. The molecule has 0 aliphatic heterocycles. The van der Waals surface area contributed by atoms with Gasteiger partial charge in [-0.3, -0.25) is 9.97 Å². The first-order valence-corrected chi connectivity index (χ1v) is 14.1. The van der Waals surface area contributed by atoms with Crippen LogP contribution in [-0.4, -0.2) is 37.9 Å². The van der Waals surface area contributed by atoms with Crippen LogP contribution in [0, 0.1) is 22.6 Å². The van der Waals surface area contributed by atoms with Gasteiger partial charge < -0.3 is 10.6 Å². The molecule has 1 aliphatic carbocycles. The summed E-state index contributed by atoms with van der Waals surface area (Å²) in [5.41, 5.74) is 1.80. The van der Waals surface area contributed by atoms with Gasteiger partial charge in [-0.15, -0.1) is 5.10 Å². The Kier molecular flexibility index (Phi) is 7.13. The summed E-state index contributed by atoms with van der Waals surface area (Å²) in [6.07, 6.45) is 2.56. The summed E-state index contributed by atoms with van der Waals surface area (Å²) in [6, 6.07) is 11.5. The third kappa shape index (κ3) is 5.43. The average molecular weight is 605 g/mol. The van der Waals surface area contributed by atoms with Crippen molar-refractivity contribution in [2.75, 3.05) is 17.2 Å². The molecule has 0 unspecified atom stereocenters. The molecule has 0 amide bonds. The minimum Gasteiger partial charge on any atom is -0.383 e. The fourth-order valence-electron chi connectivity index (χ4n) is 5.07. The van der Waals surface area contributed by atoms with E-state index in [0.29, 0.717) is 68.9 Å². The van der Waals surface area contributed by atoms with Crippen molar-refractivity contribution < 1.29 is 13.2 Å². The predicted octanol–water partition coefficient (Wildman–Crippen LogP) is 7.45. The highest BCUT2D eigenvalue weighted by Crippen LogP contribution is 2.48. The highest BCUT2D eigenvalue weighted by atomic mass is 35.5. The molecule has 6 rings (SSSR count). The standard InChI is InChI=1S/C31H28ClF3N8/c1-30(2,3)16-39-25-19(12-36)14-38-28-21(25)10-20(11-22(28)32)40-27(18-9-17-5-4-6-23(33)26(17)37-13-18)24-15-43(42-41-24)31(7-8-31)29(34)35/h4-6,9-11,13-15,27,29,40H,7-8,16H2,1-3H3,(H,38,39)/t27-/m0/s1. The fourth-order valence-corrected chi connectivity index (χ4v) is 5.34. The van der Waals surface area contributed by atoms with Gasteiger partial charge in [0.25, 0.3) is 6.43 Å². The maximum Gasteiger partial charge on any atom is 0.263 e. The van der Waals surface area contributed by atoms with Gasteiger partial charge in [-0.05, 0) is 48.1 Å². The Hall–Kier alpha value is -4.43. The molecule has 2 N–H and O–H groups in total. The quantitative estimate of drug-likeness (QED) is 0.189. The van der Waals surface area contributed by atoms with Crippen LogP contribution in [0.4, 0.5) is 24.5 Å². The molecule has 0 bridgehead atoms. The number of hydrogen-bond acceptors (Lipinski definition) is 7. The van der Waals surface area contributed by atoms with E-state index < -0.39 is 23.8 Å². The Balaban J connectivity index is 1.46. The van der Waals surface area contributed by atoms with Crippen molar-refractivity contribution >= 4 is 44.8 Å². The maximum atomic E-state index is 14.4. The number of nitriles is 1. The minimum absolute atomic E-state index is 0.0708. The number of nitrogens with zero attached hydrogens (tertiary/aromatic N) is 6. The van der Waals surface area contributed by atoms with Crippen molar-refractivity contribution in [2.24, 2.45) is 5.41 Å². The molecule has 1 saturated carbocycles. The lowest BCUT2D eigenvalue weighted by Crippen LogP contribution is -2.26. The first-order valence-electron chi connectivity index (χ1n) is 13.8. The number of benzene rings is 2. The molecule has 43 heavy (non-hydrogen) atoms. The lowest BCUT2D eigenvalue weighted by atomic mass is 9.96. The molecule has 8 nitrogen and oxygen atoms in total. The lowest BCUT2D eigenvalue weighted by Gasteiger charge is -2.22. The van der Waals surface area contributed by atoms with Gasteiger partial charge in [0.05, 0.1) is 34.0 Å². The molecular weight excluding hydrogens is 577 g/mol. The van der Waals surface area contributed by atoms with Crippen LogP contribution < -0.4 is 10.6 Å². The number of anilines is 2. The van der Waals surface area contributed by atoms with Crippen molar-refractivity contribution in [3.05, 3.63) is 82.6 Å². The molecule has 1 aliphatic rings. The van der Waals surface area contributed by atoms with Crippen LogP contribution in [0.2, 0.25) is 5.02 Å². The van der Waals surface area contributed by atoms with E-state index in [9.17, 15) is 18.4 Å². The largest absolute Gasteiger partial charge is 0.383 e. The monoisotopic (exact) mass is 604 g/mol. The van der Waals surface area contributed by atoms with Gasteiger partial charge in [0.1, 0.15) is 28.6 Å². The molecule has 0 saturated heterocycles. The first kappa shape index (κ1) is 28.7. The number of pyridine rings is 2. The molecule has 1 atom stereocenters. The molecule has 1 fully saturated rings. The number of nitrogens with one attached hydrogen (secondary N) is 2. The number of hydrogen-bond donors (Lipinski definition) is 2. The highest BCUT2D eigenvalue weighted by Gasteiger charge is 2.54. The molecule has 12 heteroatoms. The topological polar surface area (TPSA) is 104 Å². The zero-order valence-corrected chi connectivity index (χ0v) is 24.4. The number of para-hydroxylation sites is 1. The molecule has 0 radical (unpaired) electrons. The Morgan fingerprint density at radius 1 is 1.12 bits per heavy atom. The average Bonchev–Trinajstić information content (AvgIpc) is 3.64. The van der Waals surface area contributed by atoms with E-state index in [0.717, 1.165) is 0 Å². The Labute approximate surface area is 250 Å². The van der Waals surface area contributed by atoms with Gasteiger partial charge in [-0.1, -0.05) is 49.7 Å². The smallest absolute Gasteiger partial charge is 0.263 e. The van der Waals surface area contributed by atoms with Crippen LogP contribution in [-0.2, 0) is 5.54 Å². The van der Waals surface area contributed by atoms with Gasteiger partial charge in [-0.25, -0.2) is 17.9 Å². The van der Waals surface area contributed by atoms with E-state index in [1.807, 2.05) is 6.07 Å². The Bertz CT molecular complexity index is 1890. The van der Waals surface area contributed by atoms with Gasteiger partial charge >= 0.3 is 0 Å². The van der Waals surface area contributed by atoms with Crippen LogP contribution in [0.1, 0.15) is 56.5 Å². The van der Waals surface area contributed by atoms with Gasteiger partial charge in [0.2, 0.25) is 0 Å². The van der Waals surface area contributed by atoms with Crippen LogP contribution >= 0.6 is 11.6 Å². The molecule has 5 aromatic rings. The summed E-state index contributed by atoms with van der Waals surface area (Å²) in [5.74, 6) is -0.454. The minimum atomic E-state index is -2.58. The van der Waals surface area contributed by atoms with Gasteiger partial charge in [-0.2, -0.15) is 5.26 Å². The number of halogens is 4. The molecular formula is C31H28ClF3N8. The van der Waals surface area contributed by atoms with Crippen LogP contribution in [0.15, 0.2) is 55.0 Å². The zero-order chi connectivity index (χ0) is 30.5. The van der Waals surface area contributed by atoms with E-state index >= 15 is 0 Å². The summed E-state index contributed by atoms with van der Waals surface area (Å²) in [7, 11) is 0. The van der Waals surface area contributed by atoms with Crippen molar-refractivity contribution in [3.63, 3.8) is 0 Å². The van der Waals surface area contributed by atoms with Gasteiger partial charge in [0.15, 0.2) is 0 Å². The summed E-state index contributed by atoms with van der Waals surface area (Å²) in [5, 5.41) is 26.5. The molecule has 2 aromatic carbocycles. The zero-order valence-electron chi connectivity index (χ0n) is 23.7. The van der Waals surface area contributed by atoms with Crippen molar-refractivity contribution in [3.8, 4) is 6.07 Å². The third-order valence-electron chi connectivity index (χ3n) is 7.60. The van der Waals surface area contributed by atoms with E-state index in [4.69, 9.17) is 11.6 Å². The van der Waals surface area contributed by atoms with Crippen LogP contribution in [0.5, 0.6) is 0 Å². The van der Waals surface area contributed by atoms with Crippen molar-refractivity contribution in [1.82, 2.24) is 25.0 Å². The summed E-state index contributed by atoms with van der Waals surface area (Å²) < 4.78 is 43.4. The second kappa shape index (κ2) is 10.7. The summed E-state index contributed by atoms with van der Waals surface area (Å²) in [4.78, 5) is 8.77. The second-order valence-electron chi connectivity index (χ2n) is 12.1. The predicted molar refractivity (Wildman–Crippen MR) is 160 cm³/mol. The molecule has 0 spiro atoms. The van der Waals surface area contributed by atoms with Crippen LogP contribution in [0.25, 0.3) is 21.8 Å². The third-order valence-corrected chi connectivity index (χ3v) is 7.89. The fraction of sp³-hybridized carbons (Fsp3) is 0.323. The molecule has 3 aromatic heterocycles. The van der Waals surface area contributed by atoms with E-state index in [1.54, 1.807) is 24.3 Å². The lowest BCUT2D eigenvalue weighted by molar-refractivity contribution is 0.0593. The summed E-state index contributed by atoms with van der Waals surface area (Å²) in [6.45, 7) is 6.83. The Morgan fingerprint density at radius 3 is 2.58 bits per heavy atom. The number of fused-ring (bicyclic) bond motifs is 2. The SMILES string of the molecule is CC(C)(C)CNc1c(C#N)cnc2c(Cl)cc(N[C@@H](c3cnc4c(F)cccc4c3)c3cn(C4(C(F)F)CC4)nn3)cc12. The number of aromatic nitrogens is 5. The van der Waals surface area contributed by atoms with E-state index in [2.05, 4.69) is 57.8 Å². The summed E-state index contributed by atoms with van der Waals surface area (Å²) >= 11 is 6.72. The van der Waals surface area contributed by atoms with Crippen molar-refractivity contribution in [1.29, 1.82) is 5.26 Å². The maximum absolute atomic E-state index is 14.4. The Morgan fingerprint density at radius 2 is 1.88 bits per heavy atom. The van der Waals surface area contributed by atoms with Crippen LogP contribution in [0.3, 0.4) is 0 Å².